The number of nitrogens with one attached hydrogen (secondary N) is 2. The van der Waals surface area contributed by atoms with E-state index < -0.39 is 0 Å². The van der Waals surface area contributed by atoms with Crippen LogP contribution in [-0.4, -0.2) is 53.2 Å². The number of aliphatic imine (C=N–C) groups is 1. The van der Waals surface area contributed by atoms with Gasteiger partial charge in [0, 0.05) is 39.1 Å². The summed E-state index contributed by atoms with van der Waals surface area (Å²) in [7, 11) is 0. The van der Waals surface area contributed by atoms with E-state index in [4.69, 9.17) is 4.52 Å². The van der Waals surface area contributed by atoms with Gasteiger partial charge < -0.3 is 20.1 Å². The lowest BCUT2D eigenvalue weighted by Crippen LogP contribution is -2.44. The molecule has 0 amide bonds. The smallest absolute Gasteiger partial charge is 0.223 e. The standard InChI is InChI=1S/C17H30N6O.HI/c1-3-18-17(19-10-16-20-13(2)24-22-16)21-15-8-9-23(12-15)11-14-6-4-5-7-14;/h14-15H,3-12H2,1-2H3,(H2,18,19,21);1H. The number of halogens is 1. The highest BCUT2D eigenvalue weighted by atomic mass is 127. The van der Waals surface area contributed by atoms with Crippen LogP contribution >= 0.6 is 24.0 Å². The van der Waals surface area contributed by atoms with Gasteiger partial charge in [-0.1, -0.05) is 18.0 Å². The van der Waals surface area contributed by atoms with Crippen LogP contribution in [0.2, 0.25) is 0 Å². The Morgan fingerprint density at radius 2 is 2.12 bits per heavy atom. The van der Waals surface area contributed by atoms with Crippen LogP contribution in [0.3, 0.4) is 0 Å². The highest BCUT2D eigenvalue weighted by molar-refractivity contribution is 14.0. The van der Waals surface area contributed by atoms with E-state index in [1.165, 1.54) is 45.2 Å². The summed E-state index contributed by atoms with van der Waals surface area (Å²) in [5.41, 5.74) is 0. The summed E-state index contributed by atoms with van der Waals surface area (Å²) < 4.78 is 4.99. The molecule has 0 radical (unpaired) electrons. The van der Waals surface area contributed by atoms with E-state index in [9.17, 15) is 0 Å². The number of aromatic nitrogens is 2. The first-order valence-electron chi connectivity index (χ1n) is 9.29. The third-order valence-electron chi connectivity index (χ3n) is 4.90. The van der Waals surface area contributed by atoms with Gasteiger partial charge in [-0.3, -0.25) is 0 Å². The molecule has 1 unspecified atom stereocenters. The van der Waals surface area contributed by atoms with Crippen molar-refractivity contribution >= 4 is 29.9 Å². The second kappa shape index (κ2) is 10.3. The molecule has 2 N–H and O–H groups in total. The average molecular weight is 462 g/mol. The minimum absolute atomic E-state index is 0. The maximum atomic E-state index is 4.99. The maximum Gasteiger partial charge on any atom is 0.223 e. The number of guanidine groups is 1. The fraction of sp³-hybridized carbons (Fsp3) is 0.824. The zero-order valence-electron chi connectivity index (χ0n) is 15.3. The highest BCUT2D eigenvalue weighted by Gasteiger charge is 2.26. The van der Waals surface area contributed by atoms with Crippen molar-refractivity contribution in [2.24, 2.45) is 10.9 Å². The predicted molar refractivity (Wildman–Crippen MR) is 109 cm³/mol. The molecule has 1 atom stereocenters. The molecule has 0 bridgehead atoms. The summed E-state index contributed by atoms with van der Waals surface area (Å²) in [4.78, 5) is 11.4. The third-order valence-corrected chi connectivity index (χ3v) is 4.90. The molecule has 1 saturated heterocycles. The van der Waals surface area contributed by atoms with E-state index in [1.807, 2.05) is 0 Å². The Hall–Kier alpha value is -0.900. The zero-order valence-corrected chi connectivity index (χ0v) is 17.7. The molecule has 1 aliphatic carbocycles. The van der Waals surface area contributed by atoms with E-state index in [2.05, 4.69) is 37.6 Å². The first-order valence-corrected chi connectivity index (χ1v) is 9.29. The summed E-state index contributed by atoms with van der Waals surface area (Å²) in [6.07, 6.45) is 6.87. The number of likely N-dealkylation sites (tertiary alicyclic amines) is 1. The van der Waals surface area contributed by atoms with Crippen LogP contribution in [0, 0.1) is 12.8 Å². The maximum absolute atomic E-state index is 4.99. The Morgan fingerprint density at radius 3 is 2.80 bits per heavy atom. The SMILES string of the molecule is CCNC(=NCc1noc(C)n1)NC1CCN(CC2CCCC2)C1.I. The lowest BCUT2D eigenvalue weighted by molar-refractivity contribution is 0.275. The predicted octanol–water partition coefficient (Wildman–Crippen LogP) is 2.32. The van der Waals surface area contributed by atoms with E-state index in [-0.39, 0.29) is 24.0 Å². The molecule has 2 fully saturated rings. The van der Waals surface area contributed by atoms with Crippen molar-refractivity contribution in [1.82, 2.24) is 25.7 Å². The van der Waals surface area contributed by atoms with Gasteiger partial charge in [-0.05, 0) is 32.1 Å². The molecule has 1 aromatic heterocycles. The quantitative estimate of drug-likeness (QED) is 0.384. The van der Waals surface area contributed by atoms with Crippen molar-refractivity contribution < 1.29 is 4.52 Å². The fourth-order valence-electron chi connectivity index (χ4n) is 3.74. The molecule has 1 aliphatic heterocycles. The Kier molecular flexibility index (Phi) is 8.41. The van der Waals surface area contributed by atoms with Gasteiger partial charge in [0.1, 0.15) is 6.54 Å². The van der Waals surface area contributed by atoms with Gasteiger partial charge in [-0.2, -0.15) is 4.98 Å². The van der Waals surface area contributed by atoms with Crippen LogP contribution in [0.4, 0.5) is 0 Å². The number of hydrogen-bond acceptors (Lipinski definition) is 5. The second-order valence-corrected chi connectivity index (χ2v) is 6.96. The minimum Gasteiger partial charge on any atom is -0.357 e. The molecule has 25 heavy (non-hydrogen) atoms. The Balaban J connectivity index is 0.00000225. The summed E-state index contributed by atoms with van der Waals surface area (Å²) in [6.45, 7) is 8.73. The summed E-state index contributed by atoms with van der Waals surface area (Å²) in [6, 6.07) is 0.469. The molecule has 0 spiro atoms. The molecule has 3 rings (SSSR count). The molecule has 2 aliphatic rings. The van der Waals surface area contributed by atoms with E-state index >= 15 is 0 Å². The normalized spacial score (nSPS) is 22.2. The van der Waals surface area contributed by atoms with Crippen LogP contribution in [0.25, 0.3) is 0 Å². The molecular formula is C17H31IN6O. The number of nitrogens with zero attached hydrogens (tertiary/aromatic N) is 4. The van der Waals surface area contributed by atoms with Gasteiger partial charge in [0.15, 0.2) is 11.8 Å². The topological polar surface area (TPSA) is 78.6 Å². The molecule has 142 valence electrons. The van der Waals surface area contributed by atoms with Gasteiger partial charge in [-0.15, -0.1) is 24.0 Å². The summed E-state index contributed by atoms with van der Waals surface area (Å²) in [5.74, 6) is 2.97. The Labute approximate surface area is 167 Å². The first kappa shape index (κ1) is 20.4. The average Bonchev–Trinajstić information content (AvgIpc) is 3.29. The minimum atomic E-state index is 0. The molecule has 2 heterocycles. The van der Waals surface area contributed by atoms with Crippen LogP contribution < -0.4 is 10.6 Å². The van der Waals surface area contributed by atoms with Crippen LogP contribution in [0.5, 0.6) is 0 Å². The van der Waals surface area contributed by atoms with Crippen molar-refractivity contribution in [1.29, 1.82) is 0 Å². The monoisotopic (exact) mass is 462 g/mol. The molecule has 1 aromatic rings. The third kappa shape index (κ3) is 6.40. The Bertz CT molecular complexity index is 543. The Morgan fingerprint density at radius 1 is 1.32 bits per heavy atom. The van der Waals surface area contributed by atoms with E-state index in [0.29, 0.717) is 24.3 Å². The molecule has 7 nitrogen and oxygen atoms in total. The number of rotatable bonds is 6. The number of aryl methyl sites for hydroxylation is 1. The molecule has 8 heteroatoms. The van der Waals surface area contributed by atoms with Gasteiger partial charge >= 0.3 is 0 Å². The van der Waals surface area contributed by atoms with Crippen LogP contribution in [0.1, 0.15) is 50.7 Å². The largest absolute Gasteiger partial charge is 0.357 e. The fourth-order valence-corrected chi connectivity index (χ4v) is 3.74. The van der Waals surface area contributed by atoms with Crippen molar-refractivity contribution in [3.8, 4) is 0 Å². The summed E-state index contributed by atoms with van der Waals surface area (Å²) in [5, 5.41) is 10.8. The highest BCUT2D eigenvalue weighted by Crippen LogP contribution is 2.26. The summed E-state index contributed by atoms with van der Waals surface area (Å²) >= 11 is 0. The van der Waals surface area contributed by atoms with Crippen molar-refractivity contribution in [2.45, 2.75) is 58.5 Å². The zero-order chi connectivity index (χ0) is 16.8. The van der Waals surface area contributed by atoms with Crippen molar-refractivity contribution in [3.05, 3.63) is 11.7 Å². The van der Waals surface area contributed by atoms with Gasteiger partial charge in [0.25, 0.3) is 0 Å². The van der Waals surface area contributed by atoms with Crippen LogP contribution in [0.15, 0.2) is 9.52 Å². The van der Waals surface area contributed by atoms with Crippen LogP contribution in [-0.2, 0) is 6.54 Å². The lowest BCUT2D eigenvalue weighted by atomic mass is 10.1. The van der Waals surface area contributed by atoms with Crippen molar-refractivity contribution in [2.75, 3.05) is 26.2 Å². The first-order chi connectivity index (χ1) is 11.7. The van der Waals surface area contributed by atoms with Gasteiger partial charge in [0.05, 0.1) is 0 Å². The lowest BCUT2D eigenvalue weighted by Gasteiger charge is -2.21. The molecule has 1 saturated carbocycles. The van der Waals surface area contributed by atoms with Crippen molar-refractivity contribution in [3.63, 3.8) is 0 Å². The number of hydrogen-bond donors (Lipinski definition) is 2. The second-order valence-electron chi connectivity index (χ2n) is 6.96. The van der Waals surface area contributed by atoms with E-state index in [1.54, 1.807) is 6.92 Å². The van der Waals surface area contributed by atoms with Gasteiger partial charge in [0.2, 0.25) is 5.89 Å². The van der Waals surface area contributed by atoms with E-state index in [0.717, 1.165) is 25.0 Å². The molecule has 0 aromatic carbocycles. The molecular weight excluding hydrogens is 431 g/mol. The van der Waals surface area contributed by atoms with Gasteiger partial charge in [-0.25, -0.2) is 4.99 Å².